The minimum Gasteiger partial charge on any atom is -0.495 e. The molecule has 200 valence electrons. The highest BCUT2D eigenvalue weighted by Gasteiger charge is 2.25. The molecule has 1 aliphatic rings. The van der Waals surface area contributed by atoms with Crippen molar-refractivity contribution >= 4 is 34.8 Å². The van der Waals surface area contributed by atoms with Crippen molar-refractivity contribution in [1.29, 1.82) is 0 Å². The van der Waals surface area contributed by atoms with Gasteiger partial charge in [-0.3, -0.25) is 4.68 Å². The number of hydrogen-bond acceptors (Lipinski definition) is 9. The molecule has 12 heteroatoms. The van der Waals surface area contributed by atoms with E-state index in [4.69, 9.17) is 37.4 Å². The third-order valence-corrected chi connectivity index (χ3v) is 6.90. The van der Waals surface area contributed by atoms with Gasteiger partial charge in [0.25, 0.3) is 0 Å². The lowest BCUT2D eigenvalue weighted by molar-refractivity contribution is 0.0246. The van der Waals surface area contributed by atoms with Gasteiger partial charge in [-0.1, -0.05) is 23.2 Å². The van der Waals surface area contributed by atoms with Gasteiger partial charge in [0.05, 0.1) is 60.2 Å². The summed E-state index contributed by atoms with van der Waals surface area (Å²) in [6.07, 6.45) is 8.82. The van der Waals surface area contributed by atoms with Crippen LogP contribution in [-0.2, 0) is 6.61 Å². The molecule has 0 amide bonds. The summed E-state index contributed by atoms with van der Waals surface area (Å²) in [5.74, 6) is 1.76. The Hall–Kier alpha value is -2.79. The Balaban J connectivity index is 1.32. The third kappa shape index (κ3) is 6.95. The van der Waals surface area contributed by atoms with E-state index in [-0.39, 0.29) is 6.61 Å². The zero-order chi connectivity index (χ0) is 26.6. The SMILES string of the molecule is COc1cc(OC)c(Cl)c(COc2cnc(Nc3cnn(C4CCN(CC(C)(C)O)CC4)c3)nc2)c1Cl. The summed E-state index contributed by atoms with van der Waals surface area (Å²) < 4.78 is 18.4. The minimum absolute atomic E-state index is 0.0861. The van der Waals surface area contributed by atoms with Gasteiger partial charge in [0.2, 0.25) is 5.95 Å². The molecule has 0 atom stereocenters. The second-order valence-electron chi connectivity index (χ2n) is 9.57. The Morgan fingerprint density at radius 2 is 1.68 bits per heavy atom. The Morgan fingerprint density at radius 1 is 1.05 bits per heavy atom. The van der Waals surface area contributed by atoms with Crippen molar-refractivity contribution in [1.82, 2.24) is 24.6 Å². The quantitative estimate of drug-likeness (QED) is 0.370. The van der Waals surface area contributed by atoms with E-state index in [9.17, 15) is 5.11 Å². The molecule has 37 heavy (non-hydrogen) atoms. The number of nitrogens with zero attached hydrogens (tertiary/aromatic N) is 5. The molecule has 0 spiro atoms. The molecular weight excluding hydrogens is 519 g/mol. The predicted molar refractivity (Wildman–Crippen MR) is 142 cm³/mol. The lowest BCUT2D eigenvalue weighted by Crippen LogP contribution is -2.43. The number of hydrogen-bond donors (Lipinski definition) is 2. The van der Waals surface area contributed by atoms with E-state index in [1.54, 1.807) is 24.7 Å². The molecule has 1 aromatic carbocycles. The van der Waals surface area contributed by atoms with E-state index < -0.39 is 5.60 Å². The van der Waals surface area contributed by atoms with E-state index in [0.29, 0.717) is 51.4 Å². The van der Waals surface area contributed by atoms with Crippen LogP contribution in [0.25, 0.3) is 0 Å². The summed E-state index contributed by atoms with van der Waals surface area (Å²) in [5.41, 5.74) is 0.661. The largest absolute Gasteiger partial charge is 0.495 e. The number of likely N-dealkylation sites (tertiary alicyclic amines) is 1. The molecule has 2 N–H and O–H groups in total. The van der Waals surface area contributed by atoms with Gasteiger partial charge in [-0.15, -0.1) is 0 Å². The Labute approximate surface area is 226 Å². The number of piperidine rings is 1. The van der Waals surface area contributed by atoms with Gasteiger partial charge >= 0.3 is 0 Å². The van der Waals surface area contributed by atoms with Crippen molar-refractivity contribution in [3.8, 4) is 17.2 Å². The number of methoxy groups -OCH3 is 2. The van der Waals surface area contributed by atoms with Gasteiger partial charge in [-0.2, -0.15) is 5.10 Å². The highest BCUT2D eigenvalue weighted by atomic mass is 35.5. The van der Waals surface area contributed by atoms with Crippen LogP contribution in [-0.4, -0.2) is 69.2 Å². The first-order chi connectivity index (χ1) is 17.7. The number of halogens is 2. The maximum Gasteiger partial charge on any atom is 0.227 e. The fourth-order valence-electron chi connectivity index (χ4n) is 4.29. The van der Waals surface area contributed by atoms with Crippen molar-refractivity contribution in [2.45, 2.75) is 44.9 Å². The third-order valence-electron chi connectivity index (χ3n) is 6.08. The minimum atomic E-state index is -0.682. The summed E-state index contributed by atoms with van der Waals surface area (Å²) in [5, 5.41) is 18.5. The first kappa shape index (κ1) is 27.3. The molecule has 0 saturated carbocycles. The summed E-state index contributed by atoms with van der Waals surface area (Å²) in [6.45, 7) is 6.31. The highest BCUT2D eigenvalue weighted by molar-refractivity contribution is 6.37. The number of anilines is 2. The van der Waals surface area contributed by atoms with Crippen LogP contribution >= 0.6 is 23.2 Å². The molecule has 1 fully saturated rings. The number of benzene rings is 1. The van der Waals surface area contributed by atoms with E-state index in [0.717, 1.165) is 31.6 Å². The molecule has 3 heterocycles. The summed E-state index contributed by atoms with van der Waals surface area (Å²) in [4.78, 5) is 11.0. The van der Waals surface area contributed by atoms with Gasteiger partial charge in [0.1, 0.15) is 18.1 Å². The topological polar surface area (TPSA) is 107 Å². The summed E-state index contributed by atoms with van der Waals surface area (Å²) in [7, 11) is 3.04. The molecule has 0 bridgehead atoms. The molecule has 0 radical (unpaired) electrons. The Kier molecular flexibility index (Phi) is 8.63. The zero-order valence-electron chi connectivity index (χ0n) is 21.4. The number of nitrogens with one attached hydrogen (secondary N) is 1. The summed E-state index contributed by atoms with van der Waals surface area (Å²) >= 11 is 12.8. The van der Waals surface area contributed by atoms with Gasteiger partial charge in [0.15, 0.2) is 5.75 Å². The van der Waals surface area contributed by atoms with Crippen LogP contribution < -0.4 is 19.5 Å². The molecule has 1 saturated heterocycles. The second-order valence-corrected chi connectivity index (χ2v) is 10.3. The van der Waals surface area contributed by atoms with Gasteiger partial charge < -0.3 is 29.5 Å². The lowest BCUT2D eigenvalue weighted by Gasteiger charge is -2.35. The first-order valence-electron chi connectivity index (χ1n) is 12.0. The number of rotatable bonds is 10. The van der Waals surface area contributed by atoms with E-state index >= 15 is 0 Å². The van der Waals surface area contributed by atoms with Crippen LogP contribution in [0.5, 0.6) is 17.2 Å². The smallest absolute Gasteiger partial charge is 0.227 e. The average Bonchev–Trinajstić information content (AvgIpc) is 3.33. The van der Waals surface area contributed by atoms with Crippen LogP contribution in [0.1, 0.15) is 38.3 Å². The fourth-order valence-corrected chi connectivity index (χ4v) is 4.90. The maximum atomic E-state index is 10.0. The number of ether oxygens (including phenoxy) is 3. The molecule has 10 nitrogen and oxygen atoms in total. The predicted octanol–water partition coefficient (Wildman–Crippen LogP) is 4.73. The Morgan fingerprint density at radius 3 is 2.24 bits per heavy atom. The second kappa shape index (κ2) is 11.7. The fraction of sp³-hybridized carbons (Fsp3) is 0.480. The first-order valence-corrected chi connectivity index (χ1v) is 12.7. The van der Waals surface area contributed by atoms with Crippen molar-refractivity contribution in [3.05, 3.63) is 46.5 Å². The molecule has 0 aliphatic carbocycles. The van der Waals surface area contributed by atoms with Gasteiger partial charge in [-0.05, 0) is 26.7 Å². The number of aliphatic hydroxyl groups is 1. The van der Waals surface area contributed by atoms with Gasteiger partial charge in [-0.25, -0.2) is 9.97 Å². The number of aromatic nitrogens is 4. The van der Waals surface area contributed by atoms with Crippen molar-refractivity contribution in [2.24, 2.45) is 0 Å². The number of β-amino-alcohol motifs (C(OH)–C–C–N with tert-alkyl or cyclic N) is 1. The standard InChI is InChI=1S/C25H32Cl2N6O4/c1-25(2,34)15-32-7-5-17(6-8-32)33-13-16(10-30-33)31-24-28-11-18(12-29-24)37-14-19-22(26)20(35-3)9-21(36-4)23(19)27/h9-13,17,34H,5-8,14-15H2,1-4H3,(H,28,29,31). The average molecular weight is 551 g/mol. The lowest BCUT2D eigenvalue weighted by atomic mass is 10.0. The Bertz CT molecular complexity index is 1160. The maximum absolute atomic E-state index is 10.0. The zero-order valence-corrected chi connectivity index (χ0v) is 22.9. The molecule has 0 unspecified atom stereocenters. The molecule has 1 aliphatic heterocycles. The van der Waals surface area contributed by atoms with Crippen molar-refractivity contribution < 1.29 is 19.3 Å². The highest BCUT2D eigenvalue weighted by Crippen LogP contribution is 2.40. The molecular formula is C25H32Cl2N6O4. The summed E-state index contributed by atoms with van der Waals surface area (Å²) in [6, 6.07) is 1.94. The van der Waals surface area contributed by atoms with Crippen LogP contribution in [0.2, 0.25) is 10.0 Å². The van der Waals surface area contributed by atoms with Crippen LogP contribution in [0.4, 0.5) is 11.6 Å². The normalized spacial score (nSPS) is 15.0. The van der Waals surface area contributed by atoms with E-state index in [2.05, 4.69) is 25.3 Å². The van der Waals surface area contributed by atoms with Crippen LogP contribution in [0.3, 0.4) is 0 Å². The van der Waals surface area contributed by atoms with Crippen molar-refractivity contribution in [2.75, 3.05) is 39.2 Å². The van der Waals surface area contributed by atoms with Crippen LogP contribution in [0, 0.1) is 0 Å². The molecule has 2 aromatic heterocycles. The monoisotopic (exact) mass is 550 g/mol. The van der Waals surface area contributed by atoms with Crippen molar-refractivity contribution in [3.63, 3.8) is 0 Å². The molecule has 3 aromatic rings. The van der Waals surface area contributed by atoms with E-state index in [1.807, 2.05) is 24.7 Å². The molecule has 4 rings (SSSR count). The van der Waals surface area contributed by atoms with E-state index in [1.165, 1.54) is 14.2 Å². The van der Waals surface area contributed by atoms with Crippen LogP contribution in [0.15, 0.2) is 30.9 Å². The van der Waals surface area contributed by atoms with Gasteiger partial charge in [0, 0.05) is 37.5 Å².